The van der Waals surface area contributed by atoms with E-state index in [0.29, 0.717) is 0 Å². The summed E-state index contributed by atoms with van der Waals surface area (Å²) >= 11 is 2.37. The van der Waals surface area contributed by atoms with Gasteiger partial charge < -0.3 is 9.80 Å². The van der Waals surface area contributed by atoms with Crippen molar-refractivity contribution in [3.63, 3.8) is 0 Å². The van der Waals surface area contributed by atoms with Crippen LogP contribution in [0.1, 0.15) is 68.2 Å². The van der Waals surface area contributed by atoms with Crippen LogP contribution in [-0.2, 0) is 0 Å². The third kappa shape index (κ3) is 14.0. The van der Waals surface area contributed by atoms with Crippen LogP contribution in [-0.4, -0.2) is 96.5 Å². The molecule has 0 heterocycles. The third-order valence-electron chi connectivity index (χ3n) is 6.42. The Bertz CT molecular complexity index is 312. The second-order valence-corrected chi connectivity index (χ2v) is 15.7. The van der Waals surface area contributed by atoms with Gasteiger partial charge in [0.1, 0.15) is 0 Å². The predicted molar refractivity (Wildman–Crippen MR) is 146 cm³/mol. The maximum absolute atomic E-state index is 2.66. The lowest BCUT2D eigenvalue weighted by atomic mass is 10.3. The van der Waals surface area contributed by atoms with Crippen LogP contribution in [0.5, 0.6) is 0 Å². The van der Waals surface area contributed by atoms with E-state index in [4.69, 9.17) is 0 Å². The van der Waals surface area contributed by atoms with E-state index in [1.165, 1.54) is 89.1 Å². The van der Waals surface area contributed by atoms with Crippen LogP contribution in [0.3, 0.4) is 0 Å². The van der Waals surface area contributed by atoms with Crippen LogP contribution < -0.4 is 0 Å². The van der Waals surface area contributed by atoms with Crippen molar-refractivity contribution in [3.8, 4) is 0 Å². The Kier molecular flexibility index (Phi) is 20.6. The Hall–Kier alpha value is 1.13. The molecule has 0 aromatic rings. The number of rotatable bonds is 20. The molecule has 0 bridgehead atoms. The molecule has 0 saturated heterocycles. The van der Waals surface area contributed by atoms with Crippen molar-refractivity contribution in [2.24, 2.45) is 0 Å². The summed E-state index contributed by atoms with van der Waals surface area (Å²) in [5.74, 6) is 0. The van der Waals surface area contributed by atoms with Gasteiger partial charge in [-0.1, -0.05) is 55.4 Å². The zero-order valence-corrected chi connectivity index (χ0v) is 23.9. The van der Waals surface area contributed by atoms with Crippen molar-refractivity contribution in [3.05, 3.63) is 0 Å². The second kappa shape index (κ2) is 19.8. The van der Waals surface area contributed by atoms with Gasteiger partial charge in [-0.2, -0.15) is 11.8 Å². The summed E-state index contributed by atoms with van der Waals surface area (Å²) in [5, 5.41) is 1.63. The lowest BCUT2D eigenvalue weighted by Gasteiger charge is -2.32. The van der Waals surface area contributed by atoms with E-state index in [9.17, 15) is 0 Å². The van der Waals surface area contributed by atoms with Crippen molar-refractivity contribution in [2.45, 2.75) is 78.7 Å². The Morgan fingerprint density at radius 2 is 0.862 bits per heavy atom. The first-order chi connectivity index (χ1) is 14.0. The molecular formula is C24H54N2P2S. The lowest BCUT2D eigenvalue weighted by molar-refractivity contribution is 0.296. The molecule has 0 rings (SSSR count). The lowest BCUT2D eigenvalue weighted by Crippen LogP contribution is -2.36. The van der Waals surface area contributed by atoms with E-state index in [2.05, 4.69) is 77.0 Å². The monoisotopic (exact) mass is 464 g/mol. The van der Waals surface area contributed by atoms with E-state index in [1.54, 1.807) is 0 Å². The summed E-state index contributed by atoms with van der Waals surface area (Å²) in [4.78, 5) is 5.33. The molecule has 0 saturated carbocycles. The van der Waals surface area contributed by atoms with Gasteiger partial charge >= 0.3 is 0 Å². The van der Waals surface area contributed by atoms with Crippen LogP contribution in [0.15, 0.2) is 0 Å². The summed E-state index contributed by atoms with van der Waals surface area (Å²) in [7, 11) is 0.535. The third-order valence-corrected chi connectivity index (χ3v) is 13.3. The van der Waals surface area contributed by atoms with Gasteiger partial charge in [-0.3, -0.25) is 0 Å². The zero-order chi connectivity index (χ0) is 22.1. The first kappa shape index (κ1) is 30.1. The van der Waals surface area contributed by atoms with E-state index in [1.807, 2.05) is 0 Å². The van der Waals surface area contributed by atoms with Crippen molar-refractivity contribution in [1.82, 2.24) is 9.80 Å². The van der Waals surface area contributed by atoms with Crippen molar-refractivity contribution in [2.75, 3.05) is 76.2 Å². The summed E-state index contributed by atoms with van der Waals surface area (Å²) in [6, 6.07) is 0. The molecule has 29 heavy (non-hydrogen) atoms. The van der Waals surface area contributed by atoms with Gasteiger partial charge in [0.2, 0.25) is 0 Å². The van der Waals surface area contributed by atoms with Crippen LogP contribution >= 0.6 is 27.6 Å². The molecule has 2 atom stereocenters. The van der Waals surface area contributed by atoms with Gasteiger partial charge in [-0.15, -0.1) is 15.8 Å². The van der Waals surface area contributed by atoms with Gasteiger partial charge in [0.05, 0.1) is 0 Å². The molecule has 2 nitrogen and oxygen atoms in total. The highest BCUT2D eigenvalue weighted by molar-refractivity contribution is 8.00. The summed E-state index contributed by atoms with van der Waals surface area (Å²) in [6.07, 6.45) is 11.5. The van der Waals surface area contributed by atoms with E-state index in [0.717, 1.165) is 10.5 Å². The molecule has 0 amide bonds. The van der Waals surface area contributed by atoms with Crippen molar-refractivity contribution >= 4 is 27.6 Å². The topological polar surface area (TPSA) is 6.48 Å². The molecule has 2 unspecified atom stereocenters. The normalized spacial score (nSPS) is 14.5. The summed E-state index contributed by atoms with van der Waals surface area (Å²) in [5.41, 5.74) is 0. The Morgan fingerprint density at radius 3 is 1.10 bits per heavy atom. The predicted octanol–water partition coefficient (Wildman–Crippen LogP) is 6.96. The van der Waals surface area contributed by atoms with Gasteiger partial charge in [0.15, 0.2) is 0 Å². The molecule has 0 spiro atoms. The van der Waals surface area contributed by atoms with Gasteiger partial charge in [-0.25, -0.2) is 0 Å². The summed E-state index contributed by atoms with van der Waals surface area (Å²) in [6.45, 7) is 26.3. The molecule has 0 aromatic heterocycles. The number of thioether (sulfide) groups is 1. The maximum atomic E-state index is 2.66. The van der Waals surface area contributed by atoms with Gasteiger partial charge in [-0.05, 0) is 76.0 Å². The molecule has 0 radical (unpaired) electrons. The Labute approximate surface area is 192 Å². The van der Waals surface area contributed by atoms with E-state index >= 15 is 0 Å². The second-order valence-electron chi connectivity index (χ2n) is 7.98. The highest BCUT2D eigenvalue weighted by atomic mass is 32.2. The fraction of sp³-hybridized carbons (Fsp3) is 1.00. The summed E-state index contributed by atoms with van der Waals surface area (Å²) < 4.78 is 0. The largest absolute Gasteiger partial charge is 0.303 e. The standard InChI is InChI=1S/C24H54N2P2S/c1-9-25(10-2)21-23(17-19-27(13-5)14-6)29-24(22-26(11-3)12-4)18-20-28(15-7)16-8/h23-24H,9-22H2,1-8H3. The molecule has 0 aromatic carbocycles. The highest BCUT2D eigenvalue weighted by Gasteiger charge is 2.22. The van der Waals surface area contributed by atoms with Crippen LogP contribution in [0.4, 0.5) is 0 Å². The highest BCUT2D eigenvalue weighted by Crippen LogP contribution is 2.39. The quantitative estimate of drug-likeness (QED) is 0.180. The molecular weight excluding hydrogens is 410 g/mol. The first-order valence-corrected chi connectivity index (χ1v) is 17.3. The first-order valence-electron chi connectivity index (χ1n) is 12.6. The van der Waals surface area contributed by atoms with Crippen LogP contribution in [0.25, 0.3) is 0 Å². The molecule has 0 aliphatic rings. The average Bonchev–Trinajstić information content (AvgIpc) is 2.76. The van der Waals surface area contributed by atoms with Gasteiger partial charge in [0, 0.05) is 23.6 Å². The fourth-order valence-electron chi connectivity index (χ4n) is 3.95. The SMILES string of the molecule is CCN(CC)CC(CCP(CC)CC)SC(CCP(CC)CC)CN(CC)CC. The van der Waals surface area contributed by atoms with Crippen LogP contribution in [0, 0.1) is 0 Å². The Morgan fingerprint density at radius 1 is 0.552 bits per heavy atom. The number of hydrogen-bond acceptors (Lipinski definition) is 3. The van der Waals surface area contributed by atoms with E-state index in [-0.39, 0.29) is 15.8 Å². The number of hydrogen-bond donors (Lipinski definition) is 0. The van der Waals surface area contributed by atoms with Crippen molar-refractivity contribution < 1.29 is 0 Å². The number of nitrogens with zero attached hydrogens (tertiary/aromatic N) is 2. The molecule has 5 heteroatoms. The molecule has 0 fully saturated rings. The molecule has 0 N–H and O–H groups in total. The minimum absolute atomic E-state index is 0.267. The van der Waals surface area contributed by atoms with Crippen LogP contribution in [0.2, 0.25) is 0 Å². The van der Waals surface area contributed by atoms with Gasteiger partial charge in [0.25, 0.3) is 0 Å². The Balaban J connectivity index is 5.16. The van der Waals surface area contributed by atoms with E-state index < -0.39 is 0 Å². The average molecular weight is 465 g/mol. The molecule has 0 aliphatic heterocycles. The fourth-order valence-corrected chi connectivity index (χ4v) is 9.46. The van der Waals surface area contributed by atoms with Crippen molar-refractivity contribution in [1.29, 1.82) is 0 Å². The minimum Gasteiger partial charge on any atom is -0.303 e. The smallest absolute Gasteiger partial charge is 0.0181 e. The maximum Gasteiger partial charge on any atom is 0.0181 e. The zero-order valence-electron chi connectivity index (χ0n) is 21.3. The molecule has 176 valence electrons. The minimum atomic E-state index is 0.267. The molecule has 0 aliphatic carbocycles.